The number of hydrogen-bond acceptors (Lipinski definition) is 4. The van der Waals surface area contributed by atoms with Crippen molar-refractivity contribution in [3.05, 3.63) is 41.1 Å². The van der Waals surface area contributed by atoms with Crippen molar-refractivity contribution in [2.75, 3.05) is 27.2 Å². The third-order valence-corrected chi connectivity index (χ3v) is 3.12. The van der Waals surface area contributed by atoms with E-state index in [1.807, 2.05) is 19.2 Å². The molecule has 7 heteroatoms. The Kier molecular flexibility index (Phi) is 6.68. The number of carbonyl (C=O) groups excluding carboxylic acids is 1. The van der Waals surface area contributed by atoms with E-state index in [2.05, 4.69) is 10.5 Å². The minimum absolute atomic E-state index is 0. The lowest BCUT2D eigenvalue weighted by atomic mass is 10.1. The van der Waals surface area contributed by atoms with Crippen molar-refractivity contribution in [3.8, 4) is 11.3 Å². The van der Waals surface area contributed by atoms with Crippen LogP contribution in [0.5, 0.6) is 0 Å². The molecule has 5 nitrogen and oxygen atoms in total. The Hall–Kier alpha value is -1.56. The molecule has 0 spiro atoms. The molecule has 0 bridgehead atoms. The van der Waals surface area contributed by atoms with Crippen LogP contribution in [0.25, 0.3) is 11.3 Å². The lowest BCUT2D eigenvalue weighted by molar-refractivity contribution is 0.0755. The number of likely N-dealkylation sites (N-methyl/N-ethyl adjacent to an activating group) is 2. The van der Waals surface area contributed by atoms with Gasteiger partial charge in [-0.2, -0.15) is 0 Å². The first-order valence-corrected chi connectivity index (χ1v) is 6.62. The van der Waals surface area contributed by atoms with Crippen LogP contribution in [0.2, 0.25) is 5.02 Å². The average Bonchev–Trinajstić information content (AvgIpc) is 2.93. The summed E-state index contributed by atoms with van der Waals surface area (Å²) in [7, 11) is 3.56. The summed E-state index contributed by atoms with van der Waals surface area (Å²) in [4.78, 5) is 13.7. The minimum atomic E-state index is -0.193. The van der Waals surface area contributed by atoms with Crippen molar-refractivity contribution in [2.24, 2.45) is 0 Å². The molecule has 2 rings (SSSR count). The van der Waals surface area contributed by atoms with Crippen LogP contribution in [-0.4, -0.2) is 43.1 Å². The molecule has 1 N–H and O–H groups in total. The number of halogens is 2. The van der Waals surface area contributed by atoms with Crippen LogP contribution >= 0.6 is 24.0 Å². The van der Waals surface area contributed by atoms with Gasteiger partial charge in [0.05, 0.1) is 0 Å². The molecule has 0 fully saturated rings. The van der Waals surface area contributed by atoms with Crippen molar-refractivity contribution < 1.29 is 9.32 Å². The highest BCUT2D eigenvalue weighted by Gasteiger charge is 2.17. The van der Waals surface area contributed by atoms with Crippen molar-refractivity contribution in [2.45, 2.75) is 0 Å². The molecule has 1 heterocycles. The Balaban J connectivity index is 0.00000220. The Morgan fingerprint density at radius 2 is 2.19 bits per heavy atom. The van der Waals surface area contributed by atoms with Gasteiger partial charge in [-0.1, -0.05) is 28.9 Å². The minimum Gasteiger partial charge on any atom is -0.350 e. The highest BCUT2D eigenvalue weighted by molar-refractivity contribution is 6.30. The van der Waals surface area contributed by atoms with Crippen LogP contribution in [0.3, 0.4) is 0 Å². The summed E-state index contributed by atoms with van der Waals surface area (Å²) in [6.07, 6.45) is 0. The monoisotopic (exact) mass is 329 g/mol. The highest BCUT2D eigenvalue weighted by Crippen LogP contribution is 2.22. The van der Waals surface area contributed by atoms with Gasteiger partial charge in [0.15, 0.2) is 0 Å². The first kappa shape index (κ1) is 17.5. The molecule has 0 radical (unpaired) electrons. The molecule has 0 saturated heterocycles. The van der Waals surface area contributed by atoms with E-state index in [4.69, 9.17) is 16.1 Å². The first-order valence-electron chi connectivity index (χ1n) is 6.24. The van der Waals surface area contributed by atoms with Crippen LogP contribution in [-0.2, 0) is 0 Å². The third-order valence-electron chi connectivity index (χ3n) is 2.89. The number of aromatic nitrogens is 1. The summed E-state index contributed by atoms with van der Waals surface area (Å²) in [5, 5.41) is 7.52. The molecule has 21 heavy (non-hydrogen) atoms. The number of hydrogen-bond donors (Lipinski definition) is 1. The number of amides is 1. The second kappa shape index (κ2) is 8.02. The second-order valence-electron chi connectivity index (χ2n) is 4.42. The van der Waals surface area contributed by atoms with E-state index in [0.717, 1.165) is 12.1 Å². The van der Waals surface area contributed by atoms with Gasteiger partial charge in [0.2, 0.25) is 5.76 Å². The van der Waals surface area contributed by atoms with E-state index >= 15 is 0 Å². The van der Waals surface area contributed by atoms with Gasteiger partial charge < -0.3 is 14.7 Å². The molecule has 1 aromatic carbocycles. The zero-order valence-electron chi connectivity index (χ0n) is 11.8. The van der Waals surface area contributed by atoms with Crippen molar-refractivity contribution in [1.82, 2.24) is 15.4 Å². The SMILES string of the molecule is CNCCN(C)C(=O)c1cc(-c2cccc(Cl)c2)no1.Cl. The van der Waals surface area contributed by atoms with Crippen LogP contribution in [0.4, 0.5) is 0 Å². The number of benzene rings is 1. The van der Waals surface area contributed by atoms with Crippen molar-refractivity contribution in [3.63, 3.8) is 0 Å². The number of rotatable bonds is 5. The van der Waals surface area contributed by atoms with Crippen LogP contribution in [0.1, 0.15) is 10.6 Å². The van der Waals surface area contributed by atoms with Crippen LogP contribution < -0.4 is 5.32 Å². The largest absolute Gasteiger partial charge is 0.350 e. The topological polar surface area (TPSA) is 58.4 Å². The molecule has 0 atom stereocenters. The van der Waals surface area contributed by atoms with Gasteiger partial charge in [-0.15, -0.1) is 12.4 Å². The highest BCUT2D eigenvalue weighted by atomic mass is 35.5. The third kappa shape index (κ3) is 4.46. The van der Waals surface area contributed by atoms with E-state index in [1.54, 1.807) is 30.1 Å². The summed E-state index contributed by atoms with van der Waals surface area (Å²) in [5.74, 6) is 0.0274. The van der Waals surface area contributed by atoms with Crippen molar-refractivity contribution >= 4 is 29.9 Å². The molecule has 1 amide bonds. The van der Waals surface area contributed by atoms with Gasteiger partial charge in [0.25, 0.3) is 5.91 Å². The Morgan fingerprint density at radius 1 is 1.43 bits per heavy atom. The van der Waals surface area contributed by atoms with Gasteiger partial charge in [-0.3, -0.25) is 4.79 Å². The van der Waals surface area contributed by atoms with Gasteiger partial charge in [0.1, 0.15) is 5.69 Å². The predicted molar refractivity (Wildman–Crippen MR) is 85.1 cm³/mol. The molecule has 1 aromatic heterocycles. The van der Waals surface area contributed by atoms with Gasteiger partial charge in [-0.05, 0) is 19.2 Å². The van der Waals surface area contributed by atoms with Crippen molar-refractivity contribution in [1.29, 1.82) is 0 Å². The van der Waals surface area contributed by atoms with Gasteiger partial charge in [-0.25, -0.2) is 0 Å². The Labute approximate surface area is 134 Å². The summed E-state index contributed by atoms with van der Waals surface area (Å²) in [6.45, 7) is 1.32. The predicted octanol–water partition coefficient (Wildman–Crippen LogP) is 2.71. The fourth-order valence-electron chi connectivity index (χ4n) is 1.73. The zero-order chi connectivity index (χ0) is 14.5. The smallest absolute Gasteiger partial charge is 0.292 e. The number of nitrogens with zero attached hydrogens (tertiary/aromatic N) is 2. The summed E-state index contributed by atoms with van der Waals surface area (Å²) in [6, 6.07) is 8.88. The molecule has 0 saturated carbocycles. The summed E-state index contributed by atoms with van der Waals surface area (Å²) >= 11 is 5.93. The number of carbonyl (C=O) groups is 1. The molecule has 0 aliphatic rings. The van der Waals surface area contributed by atoms with E-state index in [1.165, 1.54) is 0 Å². The lowest BCUT2D eigenvalue weighted by Crippen LogP contribution is -2.32. The maximum Gasteiger partial charge on any atom is 0.292 e. The van der Waals surface area contributed by atoms with E-state index in [0.29, 0.717) is 17.3 Å². The Bertz CT molecular complexity index is 601. The lowest BCUT2D eigenvalue weighted by Gasteiger charge is -2.14. The Morgan fingerprint density at radius 3 is 2.86 bits per heavy atom. The molecule has 0 aliphatic heterocycles. The first-order chi connectivity index (χ1) is 9.61. The van der Waals surface area contributed by atoms with Crippen LogP contribution in [0.15, 0.2) is 34.9 Å². The molecular weight excluding hydrogens is 313 g/mol. The molecule has 114 valence electrons. The maximum absolute atomic E-state index is 12.1. The number of nitrogens with one attached hydrogen (secondary N) is 1. The maximum atomic E-state index is 12.1. The second-order valence-corrected chi connectivity index (χ2v) is 4.85. The quantitative estimate of drug-likeness (QED) is 0.916. The molecule has 2 aromatic rings. The summed E-state index contributed by atoms with van der Waals surface area (Å²) < 4.78 is 5.12. The average molecular weight is 330 g/mol. The zero-order valence-corrected chi connectivity index (χ0v) is 13.4. The van der Waals surface area contributed by atoms with E-state index < -0.39 is 0 Å². The van der Waals surface area contributed by atoms with E-state index in [-0.39, 0.29) is 24.1 Å². The standard InChI is InChI=1S/C14H16ClN3O2.ClH/c1-16-6-7-18(2)14(19)13-9-12(17-20-13)10-4-3-5-11(15)8-10;/h3-5,8-9,16H,6-7H2,1-2H3;1H. The molecule has 0 unspecified atom stereocenters. The fourth-order valence-corrected chi connectivity index (χ4v) is 1.92. The molecular formula is C14H17Cl2N3O2. The molecule has 0 aliphatic carbocycles. The normalized spacial score (nSPS) is 10.0. The summed E-state index contributed by atoms with van der Waals surface area (Å²) in [5.41, 5.74) is 1.41. The fraction of sp³-hybridized carbons (Fsp3) is 0.286. The van der Waals surface area contributed by atoms with E-state index in [9.17, 15) is 4.79 Å². The van der Waals surface area contributed by atoms with Gasteiger partial charge in [0, 0.05) is 36.8 Å². The van der Waals surface area contributed by atoms with Crippen LogP contribution in [0, 0.1) is 0 Å². The van der Waals surface area contributed by atoms with Gasteiger partial charge >= 0.3 is 0 Å².